The Hall–Kier alpha value is -2.06. The molecule has 0 spiro atoms. The minimum absolute atomic E-state index is 0.736. The third kappa shape index (κ3) is 1.33. The number of nitrogens with zero attached hydrogens (tertiary/aromatic N) is 1. The Bertz CT molecular complexity index is 895. The number of pyridine rings is 1. The minimum atomic E-state index is 0.736. The largest absolute Gasteiger partial charge is 0.454 e. The average molecular weight is 254 g/mol. The molecule has 0 aliphatic rings. The number of fused-ring (bicyclic) bond motifs is 4. The Morgan fingerprint density at radius 1 is 0.889 bits per heavy atom. The summed E-state index contributed by atoms with van der Waals surface area (Å²) in [6, 6.07) is 12.0. The van der Waals surface area contributed by atoms with Gasteiger partial charge >= 0.3 is 0 Å². The lowest BCUT2D eigenvalue weighted by molar-refractivity contribution is 0.667. The second kappa shape index (κ2) is 3.47. The van der Waals surface area contributed by atoms with Gasteiger partial charge in [0.2, 0.25) is 0 Å². The summed E-state index contributed by atoms with van der Waals surface area (Å²) in [5.74, 6) is 0. The number of benzene rings is 2. The van der Waals surface area contributed by atoms with Gasteiger partial charge in [-0.2, -0.15) is 0 Å². The smallest absolute Gasteiger partial charge is 0.153 e. The third-order valence-electron chi connectivity index (χ3n) is 3.20. The zero-order valence-electron chi connectivity index (χ0n) is 9.35. The fourth-order valence-electron chi connectivity index (χ4n) is 2.34. The van der Waals surface area contributed by atoms with Crippen LogP contribution >= 0.6 is 11.6 Å². The van der Waals surface area contributed by atoms with Crippen molar-refractivity contribution in [1.82, 2.24) is 4.98 Å². The monoisotopic (exact) mass is 253 g/mol. The number of hydrogen-bond acceptors (Lipinski definition) is 2. The summed E-state index contributed by atoms with van der Waals surface area (Å²) in [6.45, 7) is 0. The van der Waals surface area contributed by atoms with Gasteiger partial charge in [-0.1, -0.05) is 17.7 Å². The first-order valence-electron chi connectivity index (χ1n) is 5.67. The predicted octanol–water partition coefficient (Wildman–Crippen LogP) is 4.79. The molecule has 0 saturated carbocycles. The van der Waals surface area contributed by atoms with E-state index in [-0.39, 0.29) is 0 Å². The number of aromatic nitrogens is 1. The summed E-state index contributed by atoms with van der Waals surface area (Å²) in [7, 11) is 0. The van der Waals surface area contributed by atoms with Crippen LogP contribution in [0.2, 0.25) is 5.02 Å². The van der Waals surface area contributed by atoms with E-state index < -0.39 is 0 Å². The number of halogens is 1. The average Bonchev–Trinajstić information content (AvgIpc) is 2.73. The summed E-state index contributed by atoms with van der Waals surface area (Å²) in [5.41, 5.74) is 1.68. The van der Waals surface area contributed by atoms with Gasteiger partial charge in [-0.3, -0.25) is 4.98 Å². The van der Waals surface area contributed by atoms with Crippen molar-refractivity contribution in [2.45, 2.75) is 0 Å². The van der Waals surface area contributed by atoms with E-state index in [0.29, 0.717) is 0 Å². The fourth-order valence-corrected chi connectivity index (χ4v) is 2.53. The van der Waals surface area contributed by atoms with Crippen molar-refractivity contribution >= 4 is 44.3 Å². The molecular formula is C15H8ClNO. The SMILES string of the molecule is Clc1ccc2cc3c(cc2c1)oc1cnccc13. The number of hydrogen-bond donors (Lipinski definition) is 0. The quantitative estimate of drug-likeness (QED) is 0.450. The molecule has 86 valence electrons. The first-order chi connectivity index (χ1) is 8.81. The van der Waals surface area contributed by atoms with Gasteiger partial charge in [0.25, 0.3) is 0 Å². The Labute approximate surface area is 108 Å². The minimum Gasteiger partial charge on any atom is -0.454 e. The van der Waals surface area contributed by atoms with Gasteiger partial charge in [0.05, 0.1) is 6.20 Å². The van der Waals surface area contributed by atoms with E-state index in [4.69, 9.17) is 16.0 Å². The van der Waals surface area contributed by atoms with Crippen LogP contribution in [0.1, 0.15) is 0 Å². The van der Waals surface area contributed by atoms with E-state index in [9.17, 15) is 0 Å². The first-order valence-corrected chi connectivity index (χ1v) is 6.05. The molecule has 0 aliphatic carbocycles. The van der Waals surface area contributed by atoms with E-state index in [2.05, 4.69) is 11.1 Å². The highest BCUT2D eigenvalue weighted by Gasteiger charge is 2.07. The Morgan fingerprint density at radius 3 is 2.78 bits per heavy atom. The van der Waals surface area contributed by atoms with Crippen molar-refractivity contribution in [3.8, 4) is 0 Å². The molecule has 2 aromatic carbocycles. The molecule has 0 unspecified atom stereocenters. The van der Waals surface area contributed by atoms with E-state index in [0.717, 1.165) is 37.7 Å². The molecule has 2 heterocycles. The molecule has 0 aliphatic heterocycles. The van der Waals surface area contributed by atoms with Gasteiger partial charge in [-0.25, -0.2) is 0 Å². The normalized spacial score (nSPS) is 11.6. The van der Waals surface area contributed by atoms with E-state index in [1.54, 1.807) is 12.4 Å². The zero-order chi connectivity index (χ0) is 12.1. The van der Waals surface area contributed by atoms with Crippen LogP contribution in [0.25, 0.3) is 32.7 Å². The van der Waals surface area contributed by atoms with E-state index in [1.807, 2.05) is 30.3 Å². The highest BCUT2D eigenvalue weighted by molar-refractivity contribution is 6.31. The summed E-state index contributed by atoms with van der Waals surface area (Å²) < 4.78 is 5.79. The van der Waals surface area contributed by atoms with Gasteiger partial charge in [0, 0.05) is 22.0 Å². The van der Waals surface area contributed by atoms with Crippen molar-refractivity contribution in [2.75, 3.05) is 0 Å². The molecule has 3 heteroatoms. The molecule has 0 amide bonds. The molecule has 0 fully saturated rings. The molecule has 2 nitrogen and oxygen atoms in total. The van der Waals surface area contributed by atoms with Crippen molar-refractivity contribution < 1.29 is 4.42 Å². The molecule has 4 aromatic rings. The molecule has 4 rings (SSSR count). The zero-order valence-corrected chi connectivity index (χ0v) is 10.1. The second-order valence-corrected chi connectivity index (χ2v) is 4.75. The predicted molar refractivity (Wildman–Crippen MR) is 74.0 cm³/mol. The van der Waals surface area contributed by atoms with Crippen LogP contribution in [0.5, 0.6) is 0 Å². The highest BCUT2D eigenvalue weighted by Crippen LogP contribution is 2.32. The van der Waals surface area contributed by atoms with Crippen molar-refractivity contribution in [1.29, 1.82) is 0 Å². The Kier molecular flexibility index (Phi) is 1.91. The van der Waals surface area contributed by atoms with Crippen LogP contribution in [-0.4, -0.2) is 4.98 Å². The molecule has 0 N–H and O–H groups in total. The number of rotatable bonds is 0. The standard InChI is InChI=1S/C15H8ClNO/c16-11-2-1-9-6-13-12-3-4-17-8-15(12)18-14(13)7-10(9)5-11/h1-8H. The lowest BCUT2D eigenvalue weighted by Crippen LogP contribution is -1.73. The Morgan fingerprint density at radius 2 is 1.83 bits per heavy atom. The summed E-state index contributed by atoms with van der Waals surface area (Å²) >= 11 is 6.01. The van der Waals surface area contributed by atoms with Crippen LogP contribution < -0.4 is 0 Å². The number of furan rings is 1. The maximum Gasteiger partial charge on any atom is 0.153 e. The van der Waals surface area contributed by atoms with Crippen LogP contribution in [-0.2, 0) is 0 Å². The summed E-state index contributed by atoms with van der Waals surface area (Å²) in [6.07, 6.45) is 3.52. The van der Waals surface area contributed by atoms with Gasteiger partial charge in [0.15, 0.2) is 5.58 Å². The highest BCUT2D eigenvalue weighted by atomic mass is 35.5. The molecule has 0 radical (unpaired) electrons. The third-order valence-corrected chi connectivity index (χ3v) is 3.43. The first kappa shape index (κ1) is 9.92. The van der Waals surface area contributed by atoms with Crippen LogP contribution in [0.15, 0.2) is 53.2 Å². The molecule has 0 atom stereocenters. The maximum atomic E-state index is 6.01. The van der Waals surface area contributed by atoms with Crippen molar-refractivity contribution in [3.05, 3.63) is 53.8 Å². The molecule has 2 aromatic heterocycles. The summed E-state index contributed by atoms with van der Waals surface area (Å²) in [4.78, 5) is 4.08. The van der Waals surface area contributed by atoms with Gasteiger partial charge < -0.3 is 4.42 Å². The fraction of sp³-hybridized carbons (Fsp3) is 0. The lowest BCUT2D eigenvalue weighted by Gasteiger charge is -1.98. The molecule has 0 saturated heterocycles. The van der Waals surface area contributed by atoms with Crippen LogP contribution in [0.3, 0.4) is 0 Å². The lowest BCUT2D eigenvalue weighted by atomic mass is 10.1. The van der Waals surface area contributed by atoms with Gasteiger partial charge in [-0.05, 0) is 41.1 Å². The molecule has 18 heavy (non-hydrogen) atoms. The molecular weight excluding hydrogens is 246 g/mol. The van der Waals surface area contributed by atoms with E-state index in [1.165, 1.54) is 0 Å². The molecule has 0 bridgehead atoms. The second-order valence-electron chi connectivity index (χ2n) is 4.31. The topological polar surface area (TPSA) is 26.0 Å². The summed E-state index contributed by atoms with van der Waals surface area (Å²) in [5, 5.41) is 5.19. The van der Waals surface area contributed by atoms with Crippen LogP contribution in [0, 0.1) is 0 Å². The van der Waals surface area contributed by atoms with Crippen LogP contribution in [0.4, 0.5) is 0 Å². The van der Waals surface area contributed by atoms with Crippen molar-refractivity contribution in [3.63, 3.8) is 0 Å². The van der Waals surface area contributed by atoms with Crippen molar-refractivity contribution in [2.24, 2.45) is 0 Å². The van der Waals surface area contributed by atoms with Gasteiger partial charge in [0.1, 0.15) is 5.58 Å². The Balaban J connectivity index is 2.23. The van der Waals surface area contributed by atoms with E-state index >= 15 is 0 Å². The van der Waals surface area contributed by atoms with Gasteiger partial charge in [-0.15, -0.1) is 0 Å². The maximum absolute atomic E-state index is 6.01.